The highest BCUT2D eigenvalue weighted by Crippen LogP contribution is 2.50. The molecule has 2 aromatic rings. The lowest BCUT2D eigenvalue weighted by atomic mass is 9.73. The van der Waals surface area contributed by atoms with Gasteiger partial charge in [-0.15, -0.1) is 6.42 Å². The Kier molecular flexibility index (Phi) is 8.55. The number of nitrogens with two attached hydrogens (primary N) is 1. The second-order valence-electron chi connectivity index (χ2n) is 10.3. The van der Waals surface area contributed by atoms with Crippen molar-refractivity contribution in [2.75, 3.05) is 12.0 Å². The summed E-state index contributed by atoms with van der Waals surface area (Å²) in [5.74, 6) is 0.335. The number of nitrogens with one attached hydrogen (secondary N) is 2. The van der Waals surface area contributed by atoms with Gasteiger partial charge in [0.15, 0.2) is 11.3 Å². The molecule has 9 nitrogen and oxygen atoms in total. The van der Waals surface area contributed by atoms with E-state index in [2.05, 4.69) is 31.5 Å². The predicted octanol–water partition coefficient (Wildman–Crippen LogP) is 3.80. The third-order valence-corrected chi connectivity index (χ3v) is 7.99. The number of hydrogen-bond donors (Lipinski definition) is 3. The molecule has 0 saturated heterocycles. The average Bonchev–Trinajstić information content (AvgIpc) is 2.88. The van der Waals surface area contributed by atoms with Gasteiger partial charge >= 0.3 is 0 Å². The minimum Gasteiger partial charge on any atom is -0.460 e. The predicted molar refractivity (Wildman–Crippen MR) is 148 cm³/mol. The van der Waals surface area contributed by atoms with Crippen molar-refractivity contribution in [3.05, 3.63) is 47.7 Å². The smallest absolute Gasteiger partial charge is 0.275 e. The molecule has 1 aliphatic rings. The standard InChI is InChI=1S/C27H32F2N6O3S/c1-8-15(2)38-21-13-31-20(12-32-21)22(36)33-17-9-10-19(29)18(11-17)26(6)16(3)27(7,39-24(30)35-26)23(37)34-25(4,5)14-28/h1,9-13,15-16H,14H2,2-7H3,(H2,30,35)(H,33,36)(H,34,37)/t15-,16?,26-,27-/m0/s1. The Balaban J connectivity index is 1.90. The first-order valence-electron chi connectivity index (χ1n) is 12.1. The van der Waals surface area contributed by atoms with Crippen LogP contribution in [-0.2, 0) is 10.3 Å². The number of aliphatic imine (C=N–C) groups is 1. The third-order valence-electron chi connectivity index (χ3n) is 6.73. The molecule has 4 N–H and O–H groups in total. The zero-order valence-electron chi connectivity index (χ0n) is 22.6. The Labute approximate surface area is 230 Å². The van der Waals surface area contributed by atoms with Gasteiger partial charge in [0.25, 0.3) is 5.91 Å². The molecule has 0 bridgehead atoms. The molecule has 208 valence electrons. The molecule has 1 aromatic heterocycles. The first kappa shape index (κ1) is 29.8. The third kappa shape index (κ3) is 6.30. The van der Waals surface area contributed by atoms with Crippen LogP contribution >= 0.6 is 11.8 Å². The number of alkyl halides is 1. The van der Waals surface area contributed by atoms with Crippen molar-refractivity contribution in [1.29, 1.82) is 0 Å². The lowest BCUT2D eigenvalue weighted by molar-refractivity contribution is -0.126. The fourth-order valence-electron chi connectivity index (χ4n) is 4.09. The van der Waals surface area contributed by atoms with Crippen molar-refractivity contribution < 1.29 is 23.1 Å². The van der Waals surface area contributed by atoms with E-state index in [1.165, 1.54) is 30.6 Å². The number of nitrogens with zero attached hydrogens (tertiary/aromatic N) is 3. The van der Waals surface area contributed by atoms with Crippen LogP contribution in [0.5, 0.6) is 5.88 Å². The van der Waals surface area contributed by atoms with Crippen LogP contribution in [-0.4, -0.2) is 50.0 Å². The van der Waals surface area contributed by atoms with Crippen LogP contribution in [0.15, 0.2) is 35.6 Å². The topological polar surface area (TPSA) is 132 Å². The number of halogens is 2. The van der Waals surface area contributed by atoms with Gasteiger partial charge in [0.1, 0.15) is 22.9 Å². The van der Waals surface area contributed by atoms with E-state index in [9.17, 15) is 14.0 Å². The summed E-state index contributed by atoms with van der Waals surface area (Å²) in [6.45, 7) is 9.13. The molecule has 0 spiro atoms. The molecule has 3 rings (SSSR count). The monoisotopic (exact) mass is 558 g/mol. The van der Waals surface area contributed by atoms with Gasteiger partial charge in [-0.3, -0.25) is 14.6 Å². The highest BCUT2D eigenvalue weighted by atomic mass is 32.2. The van der Waals surface area contributed by atoms with E-state index >= 15 is 4.39 Å². The van der Waals surface area contributed by atoms with Crippen molar-refractivity contribution >= 4 is 34.4 Å². The summed E-state index contributed by atoms with van der Waals surface area (Å²) < 4.78 is 32.9. The van der Waals surface area contributed by atoms with E-state index in [1.807, 2.05) is 0 Å². The van der Waals surface area contributed by atoms with Gasteiger partial charge in [0, 0.05) is 17.2 Å². The maximum Gasteiger partial charge on any atom is 0.275 e. The van der Waals surface area contributed by atoms with Gasteiger partial charge < -0.3 is 21.1 Å². The summed E-state index contributed by atoms with van der Waals surface area (Å²) in [6, 6.07) is 4.04. The number of hydrogen-bond acceptors (Lipinski definition) is 8. The van der Waals surface area contributed by atoms with Crippen LogP contribution in [0.25, 0.3) is 0 Å². The number of aromatic nitrogens is 2. The molecular formula is C27H32F2N6O3S. The van der Waals surface area contributed by atoms with E-state index in [4.69, 9.17) is 16.9 Å². The van der Waals surface area contributed by atoms with Crippen molar-refractivity contribution in [3.8, 4) is 18.2 Å². The highest BCUT2D eigenvalue weighted by molar-refractivity contribution is 8.15. The summed E-state index contributed by atoms with van der Waals surface area (Å²) >= 11 is 1.04. The molecule has 1 aromatic carbocycles. The minimum atomic E-state index is -1.29. The quantitative estimate of drug-likeness (QED) is 0.420. The average molecular weight is 559 g/mol. The van der Waals surface area contributed by atoms with E-state index in [-0.39, 0.29) is 28.0 Å². The summed E-state index contributed by atoms with van der Waals surface area (Å²) in [6.07, 6.45) is 7.27. The molecular weight excluding hydrogens is 526 g/mol. The molecule has 2 heterocycles. The summed E-state index contributed by atoms with van der Waals surface area (Å²) in [5.41, 5.74) is 4.15. The van der Waals surface area contributed by atoms with E-state index < -0.39 is 52.2 Å². The van der Waals surface area contributed by atoms with Crippen LogP contribution in [0.2, 0.25) is 0 Å². The molecule has 0 fully saturated rings. The van der Waals surface area contributed by atoms with Crippen LogP contribution in [0.4, 0.5) is 14.5 Å². The molecule has 1 aliphatic heterocycles. The molecule has 1 unspecified atom stereocenters. The van der Waals surface area contributed by atoms with Crippen molar-refractivity contribution in [3.63, 3.8) is 0 Å². The number of carbonyl (C=O) groups excluding carboxylic acids is 2. The van der Waals surface area contributed by atoms with Crippen LogP contribution < -0.4 is 21.1 Å². The molecule has 39 heavy (non-hydrogen) atoms. The van der Waals surface area contributed by atoms with Gasteiger partial charge in [-0.25, -0.2) is 18.7 Å². The minimum absolute atomic E-state index is 0.00257. The van der Waals surface area contributed by atoms with Gasteiger partial charge in [-0.1, -0.05) is 24.6 Å². The number of thioether (sulfide) groups is 1. The van der Waals surface area contributed by atoms with Crippen molar-refractivity contribution in [2.24, 2.45) is 16.6 Å². The lowest BCUT2D eigenvalue weighted by Crippen LogP contribution is -2.60. The van der Waals surface area contributed by atoms with Crippen molar-refractivity contribution in [1.82, 2.24) is 15.3 Å². The first-order chi connectivity index (χ1) is 18.1. The van der Waals surface area contributed by atoms with Crippen molar-refractivity contribution in [2.45, 2.75) is 63.5 Å². The SMILES string of the molecule is C#C[C@H](C)Oc1cnc(C(=O)Nc2ccc(F)c([C@@]3(C)N=C(N)S[C@](C)(C(=O)NC(C)(C)CF)C3C)c2)cn1. The number of rotatable bonds is 8. The number of benzene rings is 1. The summed E-state index contributed by atoms with van der Waals surface area (Å²) in [5, 5.41) is 5.47. The van der Waals surface area contributed by atoms with Crippen LogP contribution in [0.3, 0.4) is 0 Å². The Hall–Kier alpha value is -3.72. The number of terminal acetylenes is 1. The number of ether oxygens (including phenoxy) is 1. The largest absolute Gasteiger partial charge is 0.460 e. The molecule has 12 heteroatoms. The summed E-state index contributed by atoms with van der Waals surface area (Å²) in [7, 11) is 0. The molecule has 0 saturated carbocycles. The first-order valence-corrected chi connectivity index (χ1v) is 13.0. The highest BCUT2D eigenvalue weighted by Gasteiger charge is 2.54. The molecule has 4 atom stereocenters. The molecule has 2 amide bonds. The second kappa shape index (κ2) is 11.2. The van der Waals surface area contributed by atoms with Crippen LogP contribution in [0, 0.1) is 24.1 Å². The fraction of sp³-hybridized carbons (Fsp3) is 0.444. The lowest BCUT2D eigenvalue weighted by Gasteiger charge is -2.47. The van der Waals surface area contributed by atoms with Gasteiger partial charge in [-0.2, -0.15) is 0 Å². The Bertz CT molecular complexity index is 1330. The van der Waals surface area contributed by atoms with Gasteiger partial charge in [-0.05, 0) is 52.8 Å². The molecule has 0 aliphatic carbocycles. The van der Waals surface area contributed by atoms with E-state index in [0.717, 1.165) is 11.8 Å². The Morgan fingerprint density at radius 3 is 2.59 bits per heavy atom. The van der Waals surface area contributed by atoms with Gasteiger partial charge in [0.05, 0.1) is 23.5 Å². The zero-order chi connectivity index (χ0) is 29.2. The Morgan fingerprint density at radius 1 is 1.31 bits per heavy atom. The maximum atomic E-state index is 15.3. The number of amidine groups is 1. The maximum absolute atomic E-state index is 15.3. The molecule has 0 radical (unpaired) electrons. The van der Waals surface area contributed by atoms with E-state index in [1.54, 1.807) is 41.5 Å². The summed E-state index contributed by atoms with van der Waals surface area (Å²) in [4.78, 5) is 38.8. The second-order valence-corrected chi connectivity index (χ2v) is 11.8. The van der Waals surface area contributed by atoms with E-state index in [0.29, 0.717) is 0 Å². The fourth-order valence-corrected chi connectivity index (χ4v) is 5.31. The zero-order valence-corrected chi connectivity index (χ0v) is 23.5. The normalized spacial score (nSPS) is 23.7. The Morgan fingerprint density at radius 2 is 2.00 bits per heavy atom. The van der Waals surface area contributed by atoms with Crippen LogP contribution in [0.1, 0.15) is 57.6 Å². The van der Waals surface area contributed by atoms with Gasteiger partial charge in [0.2, 0.25) is 11.8 Å². The number of carbonyl (C=O) groups is 2. The number of anilines is 1. The number of amides is 2.